The standard InChI is InChI=1S/C9H15N3S/c1-7(2)6-13-9-8(5-10)11-3-4-12-9/h3-4,7H,5-6,10H2,1-2H3. The molecule has 0 spiro atoms. The molecule has 0 aliphatic carbocycles. The van der Waals surface area contributed by atoms with E-state index in [2.05, 4.69) is 23.8 Å². The maximum absolute atomic E-state index is 5.54. The van der Waals surface area contributed by atoms with Gasteiger partial charge < -0.3 is 5.73 Å². The molecule has 1 rings (SSSR count). The highest BCUT2D eigenvalue weighted by molar-refractivity contribution is 7.99. The molecule has 0 amide bonds. The Bertz CT molecular complexity index is 263. The Hall–Kier alpha value is -0.610. The van der Waals surface area contributed by atoms with E-state index >= 15 is 0 Å². The van der Waals surface area contributed by atoms with Crippen molar-refractivity contribution in [2.45, 2.75) is 25.4 Å². The lowest BCUT2D eigenvalue weighted by Gasteiger charge is -2.06. The van der Waals surface area contributed by atoms with Gasteiger partial charge in [-0.1, -0.05) is 13.8 Å². The van der Waals surface area contributed by atoms with E-state index in [1.807, 2.05) is 0 Å². The fourth-order valence-corrected chi connectivity index (χ4v) is 1.79. The average molecular weight is 197 g/mol. The molecule has 1 heterocycles. The zero-order valence-electron chi connectivity index (χ0n) is 8.03. The van der Waals surface area contributed by atoms with Gasteiger partial charge in [0.1, 0.15) is 5.03 Å². The molecule has 2 N–H and O–H groups in total. The molecule has 0 fully saturated rings. The van der Waals surface area contributed by atoms with Gasteiger partial charge >= 0.3 is 0 Å². The van der Waals surface area contributed by atoms with Crippen LogP contribution in [0, 0.1) is 5.92 Å². The van der Waals surface area contributed by atoms with Gasteiger partial charge in [-0.3, -0.25) is 4.98 Å². The summed E-state index contributed by atoms with van der Waals surface area (Å²) in [5, 5.41) is 0.971. The minimum absolute atomic E-state index is 0.467. The molecule has 0 saturated carbocycles. The number of nitrogens with two attached hydrogens (primary N) is 1. The van der Waals surface area contributed by atoms with Crippen LogP contribution in [0.15, 0.2) is 17.4 Å². The summed E-state index contributed by atoms with van der Waals surface area (Å²) < 4.78 is 0. The SMILES string of the molecule is CC(C)CSc1nccnc1CN. The van der Waals surface area contributed by atoms with E-state index in [1.54, 1.807) is 24.2 Å². The lowest BCUT2D eigenvalue weighted by Crippen LogP contribution is -2.03. The third-order valence-corrected chi connectivity index (χ3v) is 2.93. The van der Waals surface area contributed by atoms with Crippen LogP contribution < -0.4 is 5.73 Å². The topological polar surface area (TPSA) is 51.8 Å². The molecule has 0 unspecified atom stereocenters. The summed E-state index contributed by atoms with van der Waals surface area (Å²) in [6.45, 7) is 4.84. The second-order valence-corrected chi connectivity index (χ2v) is 4.23. The van der Waals surface area contributed by atoms with Crippen LogP contribution in [0.2, 0.25) is 0 Å². The van der Waals surface area contributed by atoms with Crippen molar-refractivity contribution < 1.29 is 0 Å². The van der Waals surface area contributed by atoms with Gasteiger partial charge in [-0.2, -0.15) is 0 Å². The number of hydrogen-bond acceptors (Lipinski definition) is 4. The third-order valence-electron chi connectivity index (χ3n) is 1.48. The number of thioether (sulfide) groups is 1. The first-order valence-electron chi connectivity index (χ1n) is 4.36. The maximum atomic E-state index is 5.54. The van der Waals surface area contributed by atoms with E-state index < -0.39 is 0 Å². The van der Waals surface area contributed by atoms with Crippen LogP contribution in [0.3, 0.4) is 0 Å². The molecule has 4 heteroatoms. The zero-order valence-corrected chi connectivity index (χ0v) is 8.84. The second kappa shape index (κ2) is 5.19. The Morgan fingerprint density at radius 2 is 2.08 bits per heavy atom. The predicted molar refractivity (Wildman–Crippen MR) is 55.5 cm³/mol. The summed E-state index contributed by atoms with van der Waals surface area (Å²) in [7, 11) is 0. The molecule has 0 aliphatic rings. The van der Waals surface area contributed by atoms with E-state index in [0.717, 1.165) is 16.5 Å². The summed E-state index contributed by atoms with van der Waals surface area (Å²) in [4.78, 5) is 8.41. The normalized spacial score (nSPS) is 10.8. The highest BCUT2D eigenvalue weighted by Crippen LogP contribution is 2.20. The summed E-state index contributed by atoms with van der Waals surface area (Å²) >= 11 is 1.73. The van der Waals surface area contributed by atoms with Crippen molar-refractivity contribution >= 4 is 11.8 Å². The van der Waals surface area contributed by atoms with Crippen LogP contribution in [0.5, 0.6) is 0 Å². The molecular weight excluding hydrogens is 182 g/mol. The number of hydrogen-bond donors (Lipinski definition) is 1. The van der Waals surface area contributed by atoms with Crippen molar-refractivity contribution in [1.29, 1.82) is 0 Å². The monoisotopic (exact) mass is 197 g/mol. The van der Waals surface area contributed by atoms with E-state index in [-0.39, 0.29) is 0 Å². The largest absolute Gasteiger partial charge is 0.325 e. The summed E-state index contributed by atoms with van der Waals surface area (Å²) in [5.74, 6) is 1.73. The first-order chi connectivity index (χ1) is 6.24. The van der Waals surface area contributed by atoms with Crippen molar-refractivity contribution in [3.05, 3.63) is 18.1 Å². The number of rotatable bonds is 4. The molecule has 0 aromatic carbocycles. The Morgan fingerprint density at radius 3 is 2.69 bits per heavy atom. The molecule has 72 valence electrons. The Kier molecular flexibility index (Phi) is 4.18. The number of aromatic nitrogens is 2. The van der Waals surface area contributed by atoms with Crippen molar-refractivity contribution in [1.82, 2.24) is 9.97 Å². The van der Waals surface area contributed by atoms with Crippen LogP contribution in [0.25, 0.3) is 0 Å². The summed E-state index contributed by atoms with van der Waals surface area (Å²) in [5.41, 5.74) is 6.44. The van der Waals surface area contributed by atoms with Gasteiger partial charge in [0.15, 0.2) is 0 Å². The minimum atomic E-state index is 0.467. The molecular formula is C9H15N3S. The van der Waals surface area contributed by atoms with Crippen LogP contribution in [0.1, 0.15) is 19.5 Å². The molecule has 1 aromatic heterocycles. The highest BCUT2D eigenvalue weighted by atomic mass is 32.2. The smallest absolute Gasteiger partial charge is 0.119 e. The molecule has 0 aliphatic heterocycles. The van der Waals surface area contributed by atoms with E-state index in [4.69, 9.17) is 5.73 Å². The van der Waals surface area contributed by atoms with E-state index in [9.17, 15) is 0 Å². The lowest BCUT2D eigenvalue weighted by atomic mass is 10.3. The van der Waals surface area contributed by atoms with Gasteiger partial charge in [-0.25, -0.2) is 4.98 Å². The predicted octanol–water partition coefficient (Wildman–Crippen LogP) is 1.68. The van der Waals surface area contributed by atoms with Crippen molar-refractivity contribution in [3.63, 3.8) is 0 Å². The van der Waals surface area contributed by atoms with E-state index in [1.165, 1.54) is 0 Å². The second-order valence-electron chi connectivity index (χ2n) is 3.22. The van der Waals surface area contributed by atoms with Gasteiger partial charge in [-0.15, -0.1) is 11.8 Å². The molecule has 0 radical (unpaired) electrons. The third kappa shape index (κ3) is 3.32. The van der Waals surface area contributed by atoms with Crippen LogP contribution in [0.4, 0.5) is 0 Å². The van der Waals surface area contributed by atoms with Gasteiger partial charge in [0.2, 0.25) is 0 Å². The van der Waals surface area contributed by atoms with Gasteiger partial charge in [0.05, 0.1) is 5.69 Å². The average Bonchev–Trinajstić information content (AvgIpc) is 2.15. The minimum Gasteiger partial charge on any atom is -0.325 e. The number of nitrogens with zero attached hydrogens (tertiary/aromatic N) is 2. The van der Waals surface area contributed by atoms with Gasteiger partial charge in [-0.05, 0) is 5.92 Å². The first-order valence-corrected chi connectivity index (χ1v) is 5.35. The summed E-state index contributed by atoms with van der Waals surface area (Å²) in [6.07, 6.45) is 3.39. The quantitative estimate of drug-likeness (QED) is 0.746. The molecule has 1 aromatic rings. The fraction of sp³-hybridized carbons (Fsp3) is 0.556. The van der Waals surface area contributed by atoms with Crippen LogP contribution in [-0.4, -0.2) is 15.7 Å². The van der Waals surface area contributed by atoms with Crippen LogP contribution in [-0.2, 0) is 6.54 Å². The Labute approximate surface area is 83.2 Å². The molecule has 0 atom stereocenters. The molecule has 0 bridgehead atoms. The summed E-state index contributed by atoms with van der Waals surface area (Å²) in [6, 6.07) is 0. The highest BCUT2D eigenvalue weighted by Gasteiger charge is 2.04. The van der Waals surface area contributed by atoms with Gasteiger partial charge in [0.25, 0.3) is 0 Å². The lowest BCUT2D eigenvalue weighted by molar-refractivity contribution is 0.748. The Balaban J connectivity index is 2.64. The Morgan fingerprint density at radius 1 is 1.38 bits per heavy atom. The molecule has 0 saturated heterocycles. The van der Waals surface area contributed by atoms with Crippen molar-refractivity contribution in [2.75, 3.05) is 5.75 Å². The van der Waals surface area contributed by atoms with Crippen LogP contribution >= 0.6 is 11.8 Å². The molecule has 13 heavy (non-hydrogen) atoms. The fourth-order valence-electron chi connectivity index (χ4n) is 0.860. The zero-order chi connectivity index (χ0) is 9.68. The van der Waals surface area contributed by atoms with E-state index in [0.29, 0.717) is 12.5 Å². The van der Waals surface area contributed by atoms with Gasteiger partial charge in [0, 0.05) is 24.7 Å². The first kappa shape index (κ1) is 10.5. The van der Waals surface area contributed by atoms with Crippen molar-refractivity contribution in [2.24, 2.45) is 11.7 Å². The maximum Gasteiger partial charge on any atom is 0.119 e. The molecule has 3 nitrogen and oxygen atoms in total. The van der Waals surface area contributed by atoms with Crippen molar-refractivity contribution in [3.8, 4) is 0 Å².